The fraction of sp³-hybridized carbons (Fsp3) is 0.200. The van der Waals surface area contributed by atoms with E-state index in [0.717, 1.165) is 10.5 Å². The fourth-order valence-electron chi connectivity index (χ4n) is 1.73. The van der Waals surface area contributed by atoms with Crippen LogP contribution in [0.1, 0.15) is 5.56 Å². The summed E-state index contributed by atoms with van der Waals surface area (Å²) in [6.07, 6.45) is 0. The fourth-order valence-corrected chi connectivity index (χ4v) is 4.16. The van der Waals surface area contributed by atoms with Gasteiger partial charge in [0.1, 0.15) is 0 Å². The molecular weight excluding hydrogens is 304 g/mol. The molecule has 3 N–H and O–H groups in total. The second-order valence-corrected chi connectivity index (χ2v) is 7.65. The molecule has 0 aliphatic heterocycles. The molecule has 0 atom stereocenters. The van der Waals surface area contributed by atoms with Crippen molar-refractivity contribution < 1.29 is 8.42 Å². The number of benzene rings is 2. The third-order valence-corrected chi connectivity index (χ3v) is 5.49. The van der Waals surface area contributed by atoms with Gasteiger partial charge in [0.05, 0.1) is 5.75 Å². The third-order valence-electron chi connectivity index (χ3n) is 2.85. The molecule has 0 aliphatic carbocycles. The Labute approximate surface area is 129 Å². The number of hydrogen-bond acceptors (Lipinski definition) is 4. The SMILES string of the molecule is Cc1ccc(NS(=O)(=O)CCSc2ccccc2N)cc1. The number of nitrogen functional groups attached to an aromatic ring is 1. The van der Waals surface area contributed by atoms with Gasteiger partial charge in [-0.25, -0.2) is 8.42 Å². The van der Waals surface area contributed by atoms with Crippen molar-refractivity contribution in [2.24, 2.45) is 0 Å². The minimum atomic E-state index is -3.34. The van der Waals surface area contributed by atoms with Gasteiger partial charge in [0, 0.05) is 22.0 Å². The van der Waals surface area contributed by atoms with Crippen molar-refractivity contribution in [1.82, 2.24) is 0 Å². The number of hydrogen-bond donors (Lipinski definition) is 2. The van der Waals surface area contributed by atoms with Crippen LogP contribution in [0.25, 0.3) is 0 Å². The van der Waals surface area contributed by atoms with Crippen LogP contribution in [0.4, 0.5) is 11.4 Å². The van der Waals surface area contributed by atoms with Gasteiger partial charge in [-0.2, -0.15) is 0 Å². The Balaban J connectivity index is 1.90. The first-order valence-corrected chi connectivity index (χ1v) is 9.14. The Hall–Kier alpha value is -1.66. The molecule has 0 unspecified atom stereocenters. The molecule has 21 heavy (non-hydrogen) atoms. The Bertz CT molecular complexity index is 698. The highest BCUT2D eigenvalue weighted by Gasteiger charge is 2.11. The molecule has 0 aliphatic rings. The predicted molar refractivity (Wildman–Crippen MR) is 90.2 cm³/mol. The molecule has 0 aromatic heterocycles. The largest absolute Gasteiger partial charge is 0.398 e. The van der Waals surface area contributed by atoms with Crippen molar-refractivity contribution >= 4 is 33.2 Å². The lowest BCUT2D eigenvalue weighted by Crippen LogP contribution is -2.18. The Morgan fingerprint density at radius 2 is 1.76 bits per heavy atom. The zero-order chi connectivity index (χ0) is 15.3. The highest BCUT2D eigenvalue weighted by Crippen LogP contribution is 2.24. The van der Waals surface area contributed by atoms with Crippen molar-refractivity contribution in [3.05, 3.63) is 54.1 Å². The number of anilines is 2. The number of nitrogens with two attached hydrogens (primary N) is 1. The first kappa shape index (κ1) is 15.7. The number of sulfonamides is 1. The monoisotopic (exact) mass is 322 g/mol. The minimum Gasteiger partial charge on any atom is -0.398 e. The van der Waals surface area contributed by atoms with Gasteiger partial charge in [0.15, 0.2) is 0 Å². The molecule has 0 bridgehead atoms. The van der Waals surface area contributed by atoms with E-state index in [4.69, 9.17) is 5.73 Å². The maximum Gasteiger partial charge on any atom is 0.233 e. The van der Waals surface area contributed by atoms with Crippen molar-refractivity contribution in [1.29, 1.82) is 0 Å². The first-order chi connectivity index (χ1) is 9.96. The van der Waals surface area contributed by atoms with Crippen LogP contribution in [-0.4, -0.2) is 19.9 Å². The number of para-hydroxylation sites is 1. The topological polar surface area (TPSA) is 72.2 Å². The van der Waals surface area contributed by atoms with Gasteiger partial charge in [-0.1, -0.05) is 29.8 Å². The summed E-state index contributed by atoms with van der Waals surface area (Å²) in [7, 11) is -3.34. The van der Waals surface area contributed by atoms with Crippen LogP contribution in [0.5, 0.6) is 0 Å². The Morgan fingerprint density at radius 3 is 2.43 bits per heavy atom. The summed E-state index contributed by atoms with van der Waals surface area (Å²) in [6.45, 7) is 1.96. The van der Waals surface area contributed by atoms with Gasteiger partial charge < -0.3 is 5.73 Å². The maximum absolute atomic E-state index is 12.0. The summed E-state index contributed by atoms with van der Waals surface area (Å²) in [5.41, 5.74) is 8.17. The quantitative estimate of drug-likeness (QED) is 0.633. The molecule has 112 valence electrons. The lowest BCUT2D eigenvalue weighted by atomic mass is 10.2. The van der Waals surface area contributed by atoms with Crippen LogP contribution in [0.2, 0.25) is 0 Å². The zero-order valence-electron chi connectivity index (χ0n) is 11.7. The lowest BCUT2D eigenvalue weighted by molar-refractivity contribution is 0.602. The molecule has 0 saturated carbocycles. The summed E-state index contributed by atoms with van der Waals surface area (Å²) in [5, 5.41) is 0. The second kappa shape index (κ2) is 6.87. The molecule has 0 saturated heterocycles. The van der Waals surface area contributed by atoms with Gasteiger partial charge in [-0.15, -0.1) is 11.8 Å². The Morgan fingerprint density at radius 1 is 1.10 bits per heavy atom. The van der Waals surface area contributed by atoms with Crippen LogP contribution >= 0.6 is 11.8 Å². The van der Waals surface area contributed by atoms with E-state index in [1.165, 1.54) is 11.8 Å². The standard InChI is InChI=1S/C15H18N2O2S2/c1-12-6-8-13(9-7-12)17-21(18,19)11-10-20-15-5-3-2-4-14(15)16/h2-9,17H,10-11,16H2,1H3. The van der Waals surface area contributed by atoms with Gasteiger partial charge in [0.2, 0.25) is 10.0 Å². The maximum atomic E-state index is 12.0. The summed E-state index contributed by atoms with van der Waals surface area (Å²) in [5.74, 6) is 0.495. The second-order valence-electron chi connectivity index (χ2n) is 4.67. The van der Waals surface area contributed by atoms with Gasteiger partial charge >= 0.3 is 0 Å². The van der Waals surface area contributed by atoms with Crippen LogP contribution in [-0.2, 0) is 10.0 Å². The van der Waals surface area contributed by atoms with Crippen LogP contribution in [0, 0.1) is 6.92 Å². The average molecular weight is 322 g/mol. The summed E-state index contributed by atoms with van der Waals surface area (Å²) in [4.78, 5) is 0.906. The van der Waals surface area contributed by atoms with E-state index < -0.39 is 10.0 Å². The van der Waals surface area contributed by atoms with E-state index in [2.05, 4.69) is 4.72 Å². The number of aryl methyl sites for hydroxylation is 1. The molecule has 2 aromatic rings. The molecule has 2 rings (SSSR count). The predicted octanol–water partition coefficient (Wildman–Crippen LogP) is 3.11. The van der Waals surface area contributed by atoms with Gasteiger partial charge in [0.25, 0.3) is 0 Å². The summed E-state index contributed by atoms with van der Waals surface area (Å²) in [6, 6.07) is 14.7. The van der Waals surface area contributed by atoms with E-state index in [0.29, 0.717) is 17.1 Å². The molecule has 0 heterocycles. The van der Waals surface area contributed by atoms with E-state index in [1.54, 1.807) is 18.2 Å². The number of nitrogens with one attached hydrogen (secondary N) is 1. The molecule has 4 nitrogen and oxygen atoms in total. The van der Waals surface area contributed by atoms with E-state index >= 15 is 0 Å². The normalized spacial score (nSPS) is 11.3. The molecule has 0 radical (unpaired) electrons. The van der Waals surface area contributed by atoms with E-state index in [1.807, 2.05) is 37.3 Å². The Kier molecular flexibility index (Phi) is 5.14. The van der Waals surface area contributed by atoms with Gasteiger partial charge in [-0.05, 0) is 31.2 Å². The van der Waals surface area contributed by atoms with Gasteiger partial charge in [-0.3, -0.25) is 4.72 Å². The van der Waals surface area contributed by atoms with Crippen molar-refractivity contribution in [3.8, 4) is 0 Å². The number of thioether (sulfide) groups is 1. The van der Waals surface area contributed by atoms with Crippen LogP contribution in [0.15, 0.2) is 53.4 Å². The van der Waals surface area contributed by atoms with Crippen LogP contribution in [0.3, 0.4) is 0 Å². The van der Waals surface area contributed by atoms with Crippen LogP contribution < -0.4 is 10.5 Å². The molecule has 2 aromatic carbocycles. The zero-order valence-corrected chi connectivity index (χ0v) is 13.4. The number of rotatable bonds is 6. The highest BCUT2D eigenvalue weighted by molar-refractivity contribution is 8.01. The smallest absolute Gasteiger partial charge is 0.233 e. The molecule has 0 amide bonds. The van der Waals surface area contributed by atoms with Crippen molar-refractivity contribution in [3.63, 3.8) is 0 Å². The summed E-state index contributed by atoms with van der Waals surface area (Å²) >= 11 is 1.44. The molecule has 0 fully saturated rings. The molecule has 0 spiro atoms. The van der Waals surface area contributed by atoms with Crippen molar-refractivity contribution in [2.45, 2.75) is 11.8 Å². The van der Waals surface area contributed by atoms with E-state index in [-0.39, 0.29) is 5.75 Å². The minimum absolute atomic E-state index is 0.0415. The van der Waals surface area contributed by atoms with Crippen molar-refractivity contribution in [2.75, 3.05) is 22.0 Å². The average Bonchev–Trinajstić information content (AvgIpc) is 2.43. The first-order valence-electron chi connectivity index (χ1n) is 6.51. The molecular formula is C15H18N2O2S2. The molecule has 6 heteroatoms. The lowest BCUT2D eigenvalue weighted by Gasteiger charge is -2.09. The van der Waals surface area contributed by atoms with E-state index in [9.17, 15) is 8.42 Å². The highest BCUT2D eigenvalue weighted by atomic mass is 32.2. The summed E-state index contributed by atoms with van der Waals surface area (Å²) < 4.78 is 26.6. The third kappa shape index (κ3) is 4.99.